The predicted octanol–water partition coefficient (Wildman–Crippen LogP) is 2.56. The Kier molecular flexibility index (Phi) is 4.77. The highest BCUT2D eigenvalue weighted by atomic mass is 79.9. The molecule has 0 aromatic heterocycles. The van der Waals surface area contributed by atoms with Gasteiger partial charge in [0.2, 0.25) is 5.91 Å². The number of alkyl halides is 1. The van der Waals surface area contributed by atoms with Gasteiger partial charge in [0.05, 0.1) is 4.75 Å². The lowest BCUT2D eigenvalue weighted by Crippen LogP contribution is -2.44. The van der Waals surface area contributed by atoms with Crippen molar-refractivity contribution in [2.24, 2.45) is 0 Å². The molecule has 1 saturated heterocycles. The van der Waals surface area contributed by atoms with E-state index in [0.717, 1.165) is 23.9 Å². The Labute approximate surface area is 98.7 Å². The van der Waals surface area contributed by atoms with Gasteiger partial charge in [-0.25, -0.2) is 0 Å². The topological polar surface area (TPSA) is 29.1 Å². The predicted molar refractivity (Wildman–Crippen MR) is 66.1 cm³/mol. The Morgan fingerprint density at radius 2 is 2.43 bits per heavy atom. The third-order valence-electron chi connectivity index (χ3n) is 2.62. The van der Waals surface area contributed by atoms with Gasteiger partial charge in [0, 0.05) is 11.4 Å². The Morgan fingerprint density at radius 3 is 2.93 bits per heavy atom. The molecule has 2 unspecified atom stereocenters. The second-order valence-electron chi connectivity index (χ2n) is 4.04. The van der Waals surface area contributed by atoms with E-state index in [0.29, 0.717) is 0 Å². The molecule has 0 saturated carbocycles. The van der Waals surface area contributed by atoms with Gasteiger partial charge in [-0.2, -0.15) is 0 Å². The lowest BCUT2D eigenvalue weighted by Gasteiger charge is -2.24. The van der Waals surface area contributed by atoms with Crippen molar-refractivity contribution in [3.63, 3.8) is 0 Å². The maximum atomic E-state index is 11.9. The van der Waals surface area contributed by atoms with Crippen molar-refractivity contribution in [1.29, 1.82) is 0 Å². The van der Waals surface area contributed by atoms with Crippen LogP contribution < -0.4 is 5.32 Å². The molecule has 0 aromatic carbocycles. The fraction of sp³-hybridized carbons (Fsp3) is 0.900. The number of rotatable bonds is 4. The Balaban J connectivity index is 2.40. The van der Waals surface area contributed by atoms with Crippen molar-refractivity contribution in [1.82, 2.24) is 5.32 Å². The summed E-state index contributed by atoms with van der Waals surface area (Å²) in [5.74, 6) is 1.34. The van der Waals surface area contributed by atoms with Crippen LogP contribution in [0.3, 0.4) is 0 Å². The molecule has 1 heterocycles. The molecule has 0 bridgehead atoms. The Bertz CT molecular complexity index is 204. The van der Waals surface area contributed by atoms with Crippen LogP contribution in [0.5, 0.6) is 0 Å². The van der Waals surface area contributed by atoms with E-state index in [9.17, 15) is 4.79 Å². The molecule has 1 N–H and O–H groups in total. The van der Waals surface area contributed by atoms with Crippen molar-refractivity contribution in [3.05, 3.63) is 0 Å². The molecular formula is C10H18BrNOS. The normalized spacial score (nSPS) is 28.8. The van der Waals surface area contributed by atoms with Gasteiger partial charge in [-0.05, 0) is 38.9 Å². The summed E-state index contributed by atoms with van der Waals surface area (Å²) < 4.78 is -0.166. The first-order chi connectivity index (χ1) is 6.58. The van der Waals surface area contributed by atoms with Gasteiger partial charge in [0.25, 0.3) is 0 Å². The van der Waals surface area contributed by atoms with E-state index in [2.05, 4.69) is 35.1 Å². The number of hydrogen-bond donors (Lipinski definition) is 1. The number of carbonyl (C=O) groups excluding carboxylic acids is 1. The van der Waals surface area contributed by atoms with E-state index in [-0.39, 0.29) is 16.7 Å². The van der Waals surface area contributed by atoms with Crippen LogP contribution >= 0.6 is 27.7 Å². The first-order valence-electron chi connectivity index (χ1n) is 5.09. The zero-order chi connectivity index (χ0) is 10.6. The molecule has 1 amide bonds. The standard InChI is InChI=1S/C10H18BrNOS/c1-8(4-6-11)12-9(13)10(2)5-3-7-14-10/h8H,3-7H2,1-2H3,(H,12,13). The summed E-state index contributed by atoms with van der Waals surface area (Å²) in [5, 5.41) is 4.02. The van der Waals surface area contributed by atoms with Gasteiger partial charge < -0.3 is 5.32 Å². The summed E-state index contributed by atoms with van der Waals surface area (Å²) in [6, 6.07) is 0.278. The minimum atomic E-state index is -0.166. The molecule has 1 fully saturated rings. The summed E-state index contributed by atoms with van der Waals surface area (Å²) >= 11 is 5.17. The Hall–Kier alpha value is 0.300. The molecule has 0 spiro atoms. The van der Waals surface area contributed by atoms with Gasteiger partial charge in [0.1, 0.15) is 0 Å². The molecular weight excluding hydrogens is 262 g/mol. The van der Waals surface area contributed by atoms with Gasteiger partial charge in [-0.1, -0.05) is 15.9 Å². The number of halogens is 1. The fourth-order valence-electron chi connectivity index (χ4n) is 1.57. The van der Waals surface area contributed by atoms with Gasteiger partial charge in [-0.15, -0.1) is 11.8 Å². The fourth-order valence-corrected chi connectivity index (χ4v) is 3.48. The molecule has 14 heavy (non-hydrogen) atoms. The van der Waals surface area contributed by atoms with Crippen molar-refractivity contribution in [3.8, 4) is 0 Å². The van der Waals surface area contributed by atoms with Crippen molar-refractivity contribution < 1.29 is 4.79 Å². The SMILES string of the molecule is CC(CCBr)NC(=O)C1(C)CCCS1. The molecule has 0 aliphatic carbocycles. The monoisotopic (exact) mass is 279 g/mol. The maximum absolute atomic E-state index is 11.9. The summed E-state index contributed by atoms with van der Waals surface area (Å²) in [4.78, 5) is 11.9. The molecule has 1 aliphatic rings. The molecule has 0 radical (unpaired) electrons. The second-order valence-corrected chi connectivity index (χ2v) is 6.43. The van der Waals surface area contributed by atoms with Crippen LogP contribution in [0.2, 0.25) is 0 Å². The first kappa shape index (κ1) is 12.4. The van der Waals surface area contributed by atoms with Crippen LogP contribution in [0, 0.1) is 0 Å². The molecule has 2 atom stereocenters. The second kappa shape index (κ2) is 5.40. The largest absolute Gasteiger partial charge is 0.352 e. The highest BCUT2D eigenvalue weighted by molar-refractivity contribution is 9.09. The van der Waals surface area contributed by atoms with Crippen LogP contribution in [0.4, 0.5) is 0 Å². The van der Waals surface area contributed by atoms with Crippen molar-refractivity contribution >= 4 is 33.6 Å². The highest BCUT2D eigenvalue weighted by Crippen LogP contribution is 2.37. The zero-order valence-electron chi connectivity index (χ0n) is 8.81. The summed E-state index contributed by atoms with van der Waals surface area (Å²) in [7, 11) is 0. The van der Waals surface area contributed by atoms with Gasteiger partial charge in [0.15, 0.2) is 0 Å². The van der Waals surface area contributed by atoms with Crippen molar-refractivity contribution in [2.45, 2.75) is 43.9 Å². The lowest BCUT2D eigenvalue weighted by atomic mass is 10.0. The maximum Gasteiger partial charge on any atom is 0.236 e. The average molecular weight is 280 g/mol. The minimum absolute atomic E-state index is 0.166. The first-order valence-corrected chi connectivity index (χ1v) is 7.20. The number of carbonyl (C=O) groups is 1. The molecule has 1 aliphatic heterocycles. The smallest absolute Gasteiger partial charge is 0.236 e. The van der Waals surface area contributed by atoms with E-state index < -0.39 is 0 Å². The quantitative estimate of drug-likeness (QED) is 0.802. The Morgan fingerprint density at radius 1 is 1.71 bits per heavy atom. The van der Waals surface area contributed by atoms with Crippen LogP contribution in [0.1, 0.15) is 33.1 Å². The third kappa shape index (κ3) is 3.16. The van der Waals surface area contributed by atoms with E-state index in [1.165, 1.54) is 6.42 Å². The van der Waals surface area contributed by atoms with Crippen LogP contribution in [-0.4, -0.2) is 27.8 Å². The van der Waals surface area contributed by atoms with Crippen molar-refractivity contribution in [2.75, 3.05) is 11.1 Å². The molecule has 0 aromatic rings. The zero-order valence-corrected chi connectivity index (χ0v) is 11.2. The van der Waals surface area contributed by atoms with Gasteiger partial charge >= 0.3 is 0 Å². The number of thioether (sulfide) groups is 1. The molecule has 4 heteroatoms. The summed E-state index contributed by atoms with van der Waals surface area (Å²) in [6.07, 6.45) is 3.18. The van der Waals surface area contributed by atoms with E-state index >= 15 is 0 Å². The van der Waals surface area contributed by atoms with E-state index in [1.807, 2.05) is 0 Å². The lowest BCUT2D eigenvalue weighted by molar-refractivity contribution is -0.123. The number of nitrogens with one attached hydrogen (secondary N) is 1. The summed E-state index contributed by atoms with van der Waals surface area (Å²) in [5.41, 5.74) is 0. The van der Waals surface area contributed by atoms with E-state index in [4.69, 9.17) is 0 Å². The van der Waals surface area contributed by atoms with Crippen LogP contribution in [0.25, 0.3) is 0 Å². The minimum Gasteiger partial charge on any atom is -0.352 e. The molecule has 82 valence electrons. The average Bonchev–Trinajstić information content (AvgIpc) is 2.54. The number of hydrogen-bond acceptors (Lipinski definition) is 2. The molecule has 2 nitrogen and oxygen atoms in total. The summed E-state index contributed by atoms with van der Waals surface area (Å²) in [6.45, 7) is 4.11. The van der Waals surface area contributed by atoms with Gasteiger partial charge in [-0.3, -0.25) is 4.79 Å². The van der Waals surface area contributed by atoms with Crippen LogP contribution in [0.15, 0.2) is 0 Å². The molecule has 1 rings (SSSR count). The highest BCUT2D eigenvalue weighted by Gasteiger charge is 2.37. The third-order valence-corrected chi connectivity index (χ3v) is 4.60. The number of amides is 1. The van der Waals surface area contributed by atoms with E-state index in [1.54, 1.807) is 11.8 Å². The van der Waals surface area contributed by atoms with Crippen LogP contribution in [-0.2, 0) is 4.79 Å².